The summed E-state index contributed by atoms with van der Waals surface area (Å²) in [6.07, 6.45) is 0.132. The van der Waals surface area contributed by atoms with Crippen LogP contribution in [0.4, 0.5) is 0 Å². The molecule has 0 unspecified atom stereocenters. The highest BCUT2D eigenvalue weighted by Crippen LogP contribution is 2.41. The fourth-order valence-corrected chi connectivity index (χ4v) is 6.87. The molecule has 0 aliphatic rings. The van der Waals surface area contributed by atoms with Gasteiger partial charge in [0.05, 0.1) is 14.3 Å². The number of benzene rings is 3. The van der Waals surface area contributed by atoms with Crippen molar-refractivity contribution in [3.63, 3.8) is 0 Å². The van der Waals surface area contributed by atoms with Crippen LogP contribution in [0.3, 0.4) is 0 Å². The molecule has 0 amide bonds. The quantitative estimate of drug-likeness (QED) is 0.289. The van der Waals surface area contributed by atoms with E-state index in [0.717, 1.165) is 0 Å². The summed E-state index contributed by atoms with van der Waals surface area (Å²) in [5, 5.41) is 2.91. The first-order valence-corrected chi connectivity index (χ1v) is 12.4. The van der Waals surface area contributed by atoms with Crippen LogP contribution in [0.2, 0.25) is 0 Å². The van der Waals surface area contributed by atoms with Crippen LogP contribution in [0.5, 0.6) is 0 Å². The Labute approximate surface area is 181 Å². The maximum absolute atomic E-state index is 6.82. The molecule has 0 spiro atoms. The van der Waals surface area contributed by atoms with Gasteiger partial charge in [-0.3, -0.25) is 0 Å². The molecular weight excluding hydrogens is 391 g/mol. The van der Waals surface area contributed by atoms with E-state index in [4.69, 9.17) is 4.52 Å². The van der Waals surface area contributed by atoms with E-state index < -0.39 is 8.15 Å². The summed E-state index contributed by atoms with van der Waals surface area (Å²) in [5.74, 6) is 0.513. The van der Waals surface area contributed by atoms with Crippen molar-refractivity contribution >= 4 is 30.5 Å². The molecule has 29 heavy (non-hydrogen) atoms. The number of hydrogen-bond acceptors (Lipinski definition) is 2. The maximum Gasteiger partial charge on any atom is 0.0922 e. The predicted molar refractivity (Wildman–Crippen MR) is 130 cm³/mol. The van der Waals surface area contributed by atoms with Gasteiger partial charge in [-0.1, -0.05) is 80.6 Å². The summed E-state index contributed by atoms with van der Waals surface area (Å²) in [5.41, 5.74) is 2.64. The Morgan fingerprint density at radius 2 is 1.21 bits per heavy atom. The highest BCUT2D eigenvalue weighted by atomic mass is 32.2. The summed E-state index contributed by atoms with van der Waals surface area (Å²) in [6, 6.07) is 28.1. The first kappa shape index (κ1) is 22.1. The molecule has 1 nitrogen and oxygen atoms in total. The molecule has 3 heteroatoms. The molecule has 3 aromatic rings. The minimum atomic E-state index is -0.848. The fraction of sp³-hybridized carbons (Fsp3) is 0.308. The van der Waals surface area contributed by atoms with E-state index in [0.29, 0.717) is 11.2 Å². The van der Waals surface area contributed by atoms with Gasteiger partial charge >= 0.3 is 0 Å². The molecule has 0 saturated heterocycles. The molecule has 0 radical (unpaired) electrons. The average molecular weight is 423 g/mol. The van der Waals surface area contributed by atoms with Crippen molar-refractivity contribution in [3.05, 3.63) is 90.0 Å². The van der Waals surface area contributed by atoms with Gasteiger partial charge in [-0.05, 0) is 49.9 Å². The van der Waals surface area contributed by atoms with Gasteiger partial charge in [-0.2, -0.15) is 0 Å². The van der Waals surface area contributed by atoms with Crippen LogP contribution in [0.15, 0.2) is 83.8 Å². The molecular formula is C26H31OPS. The zero-order valence-corrected chi connectivity index (χ0v) is 19.7. The molecule has 0 aliphatic carbocycles. The number of hydrogen-bond donors (Lipinski definition) is 0. The molecule has 0 aliphatic heterocycles. The van der Waals surface area contributed by atoms with E-state index >= 15 is 0 Å². The summed E-state index contributed by atoms with van der Waals surface area (Å²) < 4.78 is 6.82. The summed E-state index contributed by atoms with van der Waals surface area (Å²) in [7, 11) is -0.848. The Morgan fingerprint density at radius 1 is 0.724 bits per heavy atom. The topological polar surface area (TPSA) is 9.23 Å². The number of rotatable bonds is 8. The van der Waals surface area contributed by atoms with Crippen molar-refractivity contribution < 1.29 is 4.52 Å². The highest BCUT2D eigenvalue weighted by molar-refractivity contribution is 8.00. The molecule has 0 bridgehead atoms. The van der Waals surface area contributed by atoms with Crippen molar-refractivity contribution in [2.75, 3.05) is 0 Å². The lowest BCUT2D eigenvalue weighted by atomic mass is 10.1. The van der Waals surface area contributed by atoms with Gasteiger partial charge in [0.15, 0.2) is 0 Å². The standard InChI is InChI=1S/C26H31OPS/c1-19(2)26(29-25-17-20(3)16-21(4)18-25)22(5)27-28(23-12-8-6-9-13-23)24-14-10-7-11-15-24/h6-19,22,26H,1-5H3/t22-,26-/m1/s1. The zero-order valence-electron chi connectivity index (χ0n) is 18.0. The van der Waals surface area contributed by atoms with Crippen molar-refractivity contribution in [1.82, 2.24) is 0 Å². The van der Waals surface area contributed by atoms with Crippen LogP contribution in [-0.2, 0) is 4.52 Å². The van der Waals surface area contributed by atoms with Gasteiger partial charge in [0.1, 0.15) is 0 Å². The Morgan fingerprint density at radius 3 is 1.66 bits per heavy atom. The minimum absolute atomic E-state index is 0.132. The third-order valence-corrected chi connectivity index (χ3v) is 8.63. The van der Waals surface area contributed by atoms with E-state index in [9.17, 15) is 0 Å². The third-order valence-electron chi connectivity index (χ3n) is 4.84. The zero-order chi connectivity index (χ0) is 20.8. The molecule has 0 saturated carbocycles. The van der Waals surface area contributed by atoms with Crippen LogP contribution < -0.4 is 10.6 Å². The largest absolute Gasteiger partial charge is 0.346 e. The lowest BCUT2D eigenvalue weighted by molar-refractivity contribution is 0.228. The smallest absolute Gasteiger partial charge is 0.0922 e. The van der Waals surface area contributed by atoms with E-state index in [1.807, 2.05) is 11.8 Å². The van der Waals surface area contributed by atoms with Crippen LogP contribution in [0.1, 0.15) is 31.9 Å². The van der Waals surface area contributed by atoms with Crippen molar-refractivity contribution in [3.8, 4) is 0 Å². The fourth-order valence-electron chi connectivity index (χ4n) is 3.56. The maximum atomic E-state index is 6.82. The minimum Gasteiger partial charge on any atom is -0.346 e. The first-order chi connectivity index (χ1) is 13.9. The molecule has 0 aromatic heterocycles. The summed E-state index contributed by atoms with van der Waals surface area (Å²) in [6.45, 7) is 11.2. The van der Waals surface area contributed by atoms with Crippen molar-refractivity contribution in [1.29, 1.82) is 0 Å². The second-order valence-corrected chi connectivity index (χ2v) is 11.0. The SMILES string of the molecule is Cc1cc(C)cc(S[C@H](C(C)C)[C@@H](C)OP(c2ccccc2)c2ccccc2)c1. The van der Waals surface area contributed by atoms with Gasteiger partial charge in [0.2, 0.25) is 0 Å². The van der Waals surface area contributed by atoms with E-state index in [1.54, 1.807) is 0 Å². The van der Waals surface area contributed by atoms with Crippen LogP contribution in [-0.4, -0.2) is 11.4 Å². The molecule has 3 aromatic carbocycles. The molecule has 0 fully saturated rings. The van der Waals surface area contributed by atoms with Crippen LogP contribution in [0, 0.1) is 19.8 Å². The van der Waals surface area contributed by atoms with Gasteiger partial charge in [-0.25, -0.2) is 0 Å². The Kier molecular flexibility index (Phi) is 7.95. The molecule has 2 atom stereocenters. The molecule has 3 rings (SSSR count). The Balaban J connectivity index is 1.85. The highest BCUT2D eigenvalue weighted by Gasteiger charge is 2.27. The van der Waals surface area contributed by atoms with Crippen molar-refractivity contribution in [2.45, 2.75) is 50.9 Å². The summed E-state index contributed by atoms with van der Waals surface area (Å²) >= 11 is 1.95. The second kappa shape index (κ2) is 10.4. The van der Waals surface area contributed by atoms with Gasteiger partial charge in [0.25, 0.3) is 0 Å². The molecule has 0 N–H and O–H groups in total. The van der Waals surface area contributed by atoms with Crippen LogP contribution in [0.25, 0.3) is 0 Å². The van der Waals surface area contributed by atoms with Crippen molar-refractivity contribution in [2.24, 2.45) is 5.92 Å². The normalized spacial score (nSPS) is 13.6. The number of aryl methyl sites for hydroxylation is 2. The Hall–Kier alpha value is -1.60. The summed E-state index contributed by atoms with van der Waals surface area (Å²) in [4.78, 5) is 1.33. The first-order valence-electron chi connectivity index (χ1n) is 10.3. The average Bonchev–Trinajstić information content (AvgIpc) is 2.70. The van der Waals surface area contributed by atoms with Gasteiger partial charge in [0, 0.05) is 20.8 Å². The number of thioether (sulfide) groups is 1. The lowest BCUT2D eigenvalue weighted by Crippen LogP contribution is -2.29. The van der Waals surface area contributed by atoms with Gasteiger partial charge in [-0.15, -0.1) is 11.8 Å². The van der Waals surface area contributed by atoms with E-state index in [2.05, 4.69) is 113 Å². The molecule has 152 valence electrons. The second-order valence-electron chi connectivity index (χ2n) is 7.93. The third kappa shape index (κ3) is 6.19. The van der Waals surface area contributed by atoms with E-state index in [1.165, 1.54) is 26.6 Å². The molecule has 0 heterocycles. The van der Waals surface area contributed by atoms with Crippen LogP contribution >= 0.6 is 19.9 Å². The predicted octanol–water partition coefficient (Wildman–Crippen LogP) is 6.87. The monoisotopic (exact) mass is 422 g/mol. The lowest BCUT2D eigenvalue weighted by Gasteiger charge is -2.31. The Bertz CT molecular complexity index is 835. The van der Waals surface area contributed by atoms with Gasteiger partial charge < -0.3 is 4.52 Å². The van der Waals surface area contributed by atoms with E-state index in [-0.39, 0.29) is 6.10 Å².